The molecule has 2 aromatic carbocycles. The summed E-state index contributed by atoms with van der Waals surface area (Å²) < 4.78 is 33.4. The second-order valence-electron chi connectivity index (χ2n) is 9.12. The number of benzene rings is 2. The number of nitrogens with zero attached hydrogens (tertiary/aromatic N) is 1. The van der Waals surface area contributed by atoms with Crippen LogP contribution < -0.4 is 14.4 Å². The lowest BCUT2D eigenvalue weighted by molar-refractivity contribution is -0.123. The Balaban J connectivity index is 1.98. The molecule has 0 unspecified atom stereocenters. The number of carbonyl (C=O) groups is 1. The molecule has 2 atom stereocenters. The summed E-state index contributed by atoms with van der Waals surface area (Å²) in [4.78, 5) is 13.6. The van der Waals surface area contributed by atoms with Gasteiger partial charge in [0.05, 0.1) is 18.0 Å². The van der Waals surface area contributed by atoms with Crippen molar-refractivity contribution < 1.29 is 17.9 Å². The van der Waals surface area contributed by atoms with Crippen molar-refractivity contribution in [1.29, 1.82) is 0 Å². The van der Waals surface area contributed by atoms with Gasteiger partial charge in [-0.2, -0.15) is 0 Å². The maximum absolute atomic E-state index is 13.6. The second kappa shape index (κ2) is 9.75. The van der Waals surface area contributed by atoms with E-state index >= 15 is 0 Å². The summed E-state index contributed by atoms with van der Waals surface area (Å²) >= 11 is 0. The fraction of sp³-hybridized carbons (Fsp3) is 0.500. The van der Waals surface area contributed by atoms with E-state index in [2.05, 4.69) is 19.2 Å². The minimum atomic E-state index is -3.69. The summed E-state index contributed by atoms with van der Waals surface area (Å²) in [6.45, 7) is 9.87. The maximum Gasteiger partial charge on any atom is 0.244 e. The van der Waals surface area contributed by atoms with E-state index in [4.69, 9.17) is 4.74 Å². The molecule has 1 aliphatic rings. The van der Waals surface area contributed by atoms with Crippen LogP contribution in [0.5, 0.6) is 5.75 Å². The van der Waals surface area contributed by atoms with Gasteiger partial charge in [-0.3, -0.25) is 9.10 Å². The highest BCUT2D eigenvalue weighted by Gasteiger charge is 2.40. The van der Waals surface area contributed by atoms with E-state index in [-0.39, 0.29) is 17.6 Å². The van der Waals surface area contributed by atoms with Crippen molar-refractivity contribution in [2.75, 3.05) is 10.6 Å². The summed E-state index contributed by atoms with van der Waals surface area (Å²) in [5.74, 6) is 0.477. The molecule has 1 heterocycles. The van der Waals surface area contributed by atoms with E-state index in [0.717, 1.165) is 41.5 Å². The first-order chi connectivity index (χ1) is 15.5. The largest absolute Gasteiger partial charge is 0.487 e. The van der Waals surface area contributed by atoms with Crippen molar-refractivity contribution in [2.45, 2.75) is 78.0 Å². The molecule has 0 saturated heterocycles. The predicted octanol–water partition coefficient (Wildman–Crippen LogP) is 5.05. The molecule has 7 heteroatoms. The first-order valence-corrected chi connectivity index (χ1v) is 13.5. The van der Waals surface area contributed by atoms with Crippen LogP contribution in [0.1, 0.15) is 69.2 Å². The number of hydrogen-bond donors (Lipinski definition) is 1. The fourth-order valence-electron chi connectivity index (χ4n) is 4.84. The Morgan fingerprint density at radius 1 is 1.12 bits per heavy atom. The van der Waals surface area contributed by atoms with E-state index in [1.807, 2.05) is 63.2 Å². The number of fused-ring (bicyclic) bond motifs is 1. The first-order valence-electron chi connectivity index (χ1n) is 11.7. The smallest absolute Gasteiger partial charge is 0.244 e. The standard InChI is InChI=1S/C26H36N2O4S/c1-7-23(28(33(6,30)31)20-15-18(4)14-19(5)16-20)25(29)27-22-17-26(8-2,9-3)32-24-13-11-10-12-21(22)24/h10-16,22-23H,7-9,17H2,1-6H3,(H,27,29)/t22-,23+/m0/s1. The van der Waals surface area contributed by atoms with E-state index in [1.54, 1.807) is 0 Å². The quantitative estimate of drug-likeness (QED) is 0.584. The molecule has 1 aliphatic heterocycles. The number of rotatable bonds is 8. The fourth-order valence-corrected chi connectivity index (χ4v) is 6.03. The van der Waals surface area contributed by atoms with Crippen LogP contribution in [0.3, 0.4) is 0 Å². The summed E-state index contributed by atoms with van der Waals surface area (Å²) in [5.41, 5.74) is 2.97. The van der Waals surface area contributed by atoms with E-state index < -0.39 is 16.1 Å². The number of amides is 1. The number of carbonyl (C=O) groups excluding carboxylic acids is 1. The Kier molecular flexibility index (Phi) is 7.42. The van der Waals surface area contributed by atoms with Crippen LogP contribution >= 0.6 is 0 Å². The highest BCUT2D eigenvalue weighted by Crippen LogP contribution is 2.42. The monoisotopic (exact) mass is 472 g/mol. The molecule has 1 N–H and O–H groups in total. The normalized spacial score (nSPS) is 18.1. The summed E-state index contributed by atoms with van der Waals surface area (Å²) in [5, 5.41) is 3.18. The van der Waals surface area contributed by atoms with Gasteiger partial charge in [-0.25, -0.2) is 8.42 Å². The van der Waals surface area contributed by atoms with Crippen molar-refractivity contribution in [3.8, 4) is 5.75 Å². The Bertz CT molecular complexity index is 1090. The highest BCUT2D eigenvalue weighted by atomic mass is 32.2. The molecule has 0 aliphatic carbocycles. The van der Waals surface area contributed by atoms with E-state index in [9.17, 15) is 13.2 Å². The van der Waals surface area contributed by atoms with Gasteiger partial charge in [0.2, 0.25) is 15.9 Å². The van der Waals surface area contributed by atoms with E-state index in [0.29, 0.717) is 18.5 Å². The van der Waals surface area contributed by atoms with Crippen molar-refractivity contribution in [3.63, 3.8) is 0 Å². The SMILES string of the molecule is CC[C@H](C(=O)N[C@H]1CC(CC)(CC)Oc2ccccc21)N(c1cc(C)cc(C)c1)S(C)(=O)=O. The molecular formula is C26H36N2O4S. The van der Waals surface area contributed by atoms with Crippen LogP contribution in [-0.4, -0.2) is 32.2 Å². The molecule has 0 radical (unpaired) electrons. The maximum atomic E-state index is 13.6. The summed E-state index contributed by atoms with van der Waals surface area (Å²) in [6.07, 6.45) is 3.79. The second-order valence-corrected chi connectivity index (χ2v) is 11.0. The number of hydrogen-bond acceptors (Lipinski definition) is 4. The van der Waals surface area contributed by atoms with E-state index in [1.165, 1.54) is 4.31 Å². The lowest BCUT2D eigenvalue weighted by Crippen LogP contribution is -2.52. The third kappa shape index (κ3) is 5.35. The van der Waals surface area contributed by atoms with Crippen LogP contribution in [0.15, 0.2) is 42.5 Å². The highest BCUT2D eigenvalue weighted by molar-refractivity contribution is 7.92. The molecule has 180 valence electrons. The zero-order valence-electron chi connectivity index (χ0n) is 20.5. The number of anilines is 1. The Morgan fingerprint density at radius 3 is 2.27 bits per heavy atom. The molecule has 1 amide bonds. The number of ether oxygens (including phenoxy) is 1. The van der Waals surface area contributed by atoms with Crippen LogP contribution in [0.2, 0.25) is 0 Å². The average molecular weight is 473 g/mol. The molecule has 6 nitrogen and oxygen atoms in total. The van der Waals surface area contributed by atoms with Crippen molar-refractivity contribution in [1.82, 2.24) is 5.32 Å². The Hall–Kier alpha value is -2.54. The molecule has 0 bridgehead atoms. The lowest BCUT2D eigenvalue weighted by atomic mass is 9.83. The van der Waals surface area contributed by atoms with Crippen molar-refractivity contribution in [2.24, 2.45) is 0 Å². The van der Waals surface area contributed by atoms with Gasteiger partial charge in [0, 0.05) is 12.0 Å². The van der Waals surface area contributed by atoms with Crippen LogP contribution in [0, 0.1) is 13.8 Å². The summed E-state index contributed by atoms with van der Waals surface area (Å²) in [6, 6.07) is 12.3. The lowest BCUT2D eigenvalue weighted by Gasteiger charge is -2.42. The van der Waals surface area contributed by atoms with Crippen LogP contribution in [0.25, 0.3) is 0 Å². The van der Waals surface area contributed by atoms with Crippen molar-refractivity contribution >= 4 is 21.6 Å². The van der Waals surface area contributed by atoms with Gasteiger partial charge in [-0.1, -0.05) is 45.0 Å². The molecule has 0 saturated carbocycles. The third-order valence-corrected chi connectivity index (χ3v) is 7.77. The number of sulfonamides is 1. The van der Waals surface area contributed by atoms with Gasteiger partial charge in [0.15, 0.2) is 0 Å². The molecule has 3 rings (SSSR count). The Morgan fingerprint density at radius 2 is 1.73 bits per heavy atom. The third-order valence-electron chi connectivity index (χ3n) is 6.59. The molecule has 2 aromatic rings. The minimum Gasteiger partial charge on any atom is -0.487 e. The van der Waals surface area contributed by atoms with Gasteiger partial charge in [0.25, 0.3) is 0 Å². The zero-order chi connectivity index (χ0) is 24.4. The van der Waals surface area contributed by atoms with Crippen molar-refractivity contribution in [3.05, 3.63) is 59.2 Å². The molecule has 33 heavy (non-hydrogen) atoms. The van der Waals surface area contributed by atoms with Crippen LogP contribution in [0.4, 0.5) is 5.69 Å². The average Bonchev–Trinajstić information content (AvgIpc) is 2.75. The van der Waals surface area contributed by atoms with Gasteiger partial charge in [-0.15, -0.1) is 0 Å². The van der Waals surface area contributed by atoms with Gasteiger partial charge >= 0.3 is 0 Å². The molecule has 0 spiro atoms. The van der Waals surface area contributed by atoms with Crippen LogP contribution in [-0.2, 0) is 14.8 Å². The molecular weight excluding hydrogens is 436 g/mol. The Labute approximate surface area is 198 Å². The minimum absolute atomic E-state index is 0.253. The number of para-hydroxylation sites is 1. The predicted molar refractivity (Wildman–Crippen MR) is 133 cm³/mol. The number of nitrogens with one attached hydrogen (secondary N) is 1. The molecule has 0 aromatic heterocycles. The topological polar surface area (TPSA) is 75.7 Å². The number of aryl methyl sites for hydroxylation is 2. The van der Waals surface area contributed by atoms with Gasteiger partial charge in [-0.05, 0) is 62.4 Å². The molecule has 0 fully saturated rings. The zero-order valence-corrected chi connectivity index (χ0v) is 21.3. The van der Waals surface area contributed by atoms with Gasteiger partial charge < -0.3 is 10.1 Å². The van der Waals surface area contributed by atoms with Gasteiger partial charge in [0.1, 0.15) is 17.4 Å². The first kappa shape index (κ1) is 25.1. The summed E-state index contributed by atoms with van der Waals surface area (Å²) in [7, 11) is -3.69.